The Bertz CT molecular complexity index is 1730. The van der Waals surface area contributed by atoms with Gasteiger partial charge in [0.15, 0.2) is 28.9 Å². The van der Waals surface area contributed by atoms with E-state index in [4.69, 9.17) is 56.9 Å². The van der Waals surface area contributed by atoms with Crippen LogP contribution >= 0.6 is 35.0 Å². The molecule has 0 saturated carbocycles. The van der Waals surface area contributed by atoms with Crippen molar-refractivity contribution in [2.45, 2.75) is 75.5 Å². The third kappa shape index (κ3) is 8.73. The summed E-state index contributed by atoms with van der Waals surface area (Å²) in [5, 5.41) is 1.46. The van der Waals surface area contributed by atoms with Gasteiger partial charge in [0.1, 0.15) is 12.7 Å². The first-order chi connectivity index (χ1) is 22.9. The number of benzene rings is 2. The Labute approximate surface area is 291 Å². The van der Waals surface area contributed by atoms with Crippen LogP contribution in [0.2, 0.25) is 10.0 Å². The Morgan fingerprint density at radius 1 is 0.771 bits per heavy atom. The normalized spacial score (nSPS) is 22.5. The van der Waals surface area contributed by atoms with Gasteiger partial charge in [-0.15, -0.1) is 0 Å². The number of hydrogen-bond acceptors (Lipinski definition) is 12. The van der Waals surface area contributed by atoms with Crippen molar-refractivity contribution in [2.24, 2.45) is 0 Å². The van der Waals surface area contributed by atoms with Gasteiger partial charge in [0.25, 0.3) is 0 Å². The molecule has 11 nitrogen and oxygen atoms in total. The van der Waals surface area contributed by atoms with E-state index in [0.717, 1.165) is 39.7 Å². The van der Waals surface area contributed by atoms with Crippen LogP contribution in [0.3, 0.4) is 0 Å². The Kier molecular flexibility index (Phi) is 11.4. The van der Waals surface area contributed by atoms with E-state index in [1.807, 2.05) is 42.5 Å². The maximum absolute atomic E-state index is 12.4. The predicted molar refractivity (Wildman–Crippen MR) is 178 cm³/mol. The Balaban J connectivity index is 1.60. The van der Waals surface area contributed by atoms with Crippen molar-refractivity contribution in [3.63, 3.8) is 0 Å². The van der Waals surface area contributed by atoms with Crippen molar-refractivity contribution in [1.82, 2.24) is 9.97 Å². The number of thioether (sulfide) groups is 1. The molecule has 2 aromatic carbocycles. The van der Waals surface area contributed by atoms with Crippen LogP contribution in [0.1, 0.15) is 50.9 Å². The molecule has 3 aromatic rings. The van der Waals surface area contributed by atoms with Crippen molar-refractivity contribution in [1.29, 1.82) is 0 Å². The molecule has 2 aliphatic rings. The van der Waals surface area contributed by atoms with E-state index in [9.17, 15) is 19.2 Å². The molecule has 1 aromatic heterocycles. The first kappa shape index (κ1) is 35.3. The van der Waals surface area contributed by atoms with E-state index < -0.39 is 53.7 Å². The Hall–Kier alpha value is -3.97. The zero-order valence-corrected chi connectivity index (χ0v) is 28.8. The summed E-state index contributed by atoms with van der Waals surface area (Å²) < 4.78 is 28.3. The maximum Gasteiger partial charge on any atom is 0.303 e. The minimum atomic E-state index is -1.31. The van der Waals surface area contributed by atoms with Gasteiger partial charge < -0.3 is 23.7 Å². The Morgan fingerprint density at radius 2 is 1.33 bits per heavy atom. The average Bonchev–Trinajstić information content (AvgIpc) is 3.42. The number of nitrogens with zero attached hydrogens (tertiary/aromatic N) is 2. The van der Waals surface area contributed by atoms with Gasteiger partial charge in [-0.2, -0.15) is 0 Å². The van der Waals surface area contributed by atoms with Gasteiger partial charge in [0.05, 0.1) is 11.4 Å². The van der Waals surface area contributed by atoms with Crippen molar-refractivity contribution in [3.05, 3.63) is 75.4 Å². The fourth-order valence-electron chi connectivity index (χ4n) is 5.53. The summed E-state index contributed by atoms with van der Waals surface area (Å²) in [6.45, 7) is 4.40. The molecule has 0 bridgehead atoms. The summed E-state index contributed by atoms with van der Waals surface area (Å²) in [6, 6.07) is 14.8. The van der Waals surface area contributed by atoms with Gasteiger partial charge in [-0.3, -0.25) is 19.2 Å². The molecule has 5 rings (SSSR count). The molecule has 0 spiro atoms. The lowest BCUT2D eigenvalue weighted by Gasteiger charge is -2.43. The highest BCUT2D eigenvalue weighted by Gasteiger charge is 2.52. The van der Waals surface area contributed by atoms with Gasteiger partial charge >= 0.3 is 23.9 Å². The summed E-state index contributed by atoms with van der Waals surface area (Å²) in [6.07, 6.45) is -1.51. The number of allylic oxidation sites excluding steroid dienone is 1. The number of esters is 4. The summed E-state index contributed by atoms with van der Waals surface area (Å²) >= 11 is 13.3. The van der Waals surface area contributed by atoms with Crippen LogP contribution in [-0.4, -0.2) is 70.3 Å². The lowest BCUT2D eigenvalue weighted by Crippen LogP contribution is -2.61. The number of ether oxygens (including phenoxy) is 5. The topological polar surface area (TPSA) is 140 Å². The highest BCUT2D eigenvalue weighted by atomic mass is 35.5. The van der Waals surface area contributed by atoms with E-state index in [1.165, 1.54) is 27.7 Å². The fourth-order valence-corrected chi connectivity index (χ4v) is 6.82. The summed E-state index contributed by atoms with van der Waals surface area (Å²) in [5.74, 6) is -2.74. The minimum Gasteiger partial charge on any atom is -0.463 e. The summed E-state index contributed by atoms with van der Waals surface area (Å²) in [4.78, 5) is 58.4. The van der Waals surface area contributed by atoms with E-state index in [2.05, 4.69) is 0 Å². The van der Waals surface area contributed by atoms with Crippen molar-refractivity contribution < 1.29 is 42.9 Å². The van der Waals surface area contributed by atoms with Gasteiger partial charge in [0.2, 0.25) is 0 Å². The van der Waals surface area contributed by atoms with Crippen molar-refractivity contribution in [2.75, 3.05) is 6.61 Å². The van der Waals surface area contributed by atoms with Crippen LogP contribution in [-0.2, 0) is 49.3 Å². The van der Waals surface area contributed by atoms with Gasteiger partial charge in [-0.05, 0) is 54.3 Å². The van der Waals surface area contributed by atoms with E-state index in [-0.39, 0.29) is 11.8 Å². The zero-order valence-electron chi connectivity index (χ0n) is 26.4. The van der Waals surface area contributed by atoms with Crippen LogP contribution in [0, 0.1) is 0 Å². The second-order valence-electron chi connectivity index (χ2n) is 11.1. The molecular formula is C34H32Cl2N2O9S. The number of aromatic nitrogens is 2. The van der Waals surface area contributed by atoms with E-state index >= 15 is 0 Å². The molecule has 14 heteroatoms. The molecule has 0 N–H and O–H groups in total. The lowest BCUT2D eigenvalue weighted by molar-refractivity contribution is -0.237. The molecule has 252 valence electrons. The number of fused-ring (bicyclic) bond motifs is 1. The fraction of sp³-hybridized carbons (Fsp3) is 0.353. The maximum atomic E-state index is 12.4. The molecular weight excluding hydrogens is 683 g/mol. The molecule has 5 atom stereocenters. The highest BCUT2D eigenvalue weighted by Crippen LogP contribution is 2.42. The number of hydrogen-bond donors (Lipinski definition) is 0. The molecule has 48 heavy (non-hydrogen) atoms. The predicted octanol–water partition coefficient (Wildman–Crippen LogP) is 6.11. The highest BCUT2D eigenvalue weighted by molar-refractivity contribution is 7.99. The second kappa shape index (κ2) is 15.5. The molecule has 0 radical (unpaired) electrons. The second-order valence-corrected chi connectivity index (χ2v) is 13.0. The van der Waals surface area contributed by atoms with Crippen molar-refractivity contribution in [3.8, 4) is 11.3 Å². The number of halogens is 2. The molecule has 0 unspecified atom stereocenters. The zero-order chi connectivity index (χ0) is 34.5. The number of rotatable bonds is 9. The quantitative estimate of drug-likeness (QED) is 0.143. The van der Waals surface area contributed by atoms with Gasteiger partial charge in [-0.25, -0.2) is 9.97 Å². The van der Waals surface area contributed by atoms with Crippen LogP contribution < -0.4 is 0 Å². The van der Waals surface area contributed by atoms with Crippen LogP contribution in [0.5, 0.6) is 0 Å². The third-order valence-corrected chi connectivity index (χ3v) is 8.94. The molecule has 2 heterocycles. The van der Waals surface area contributed by atoms with Crippen LogP contribution in [0.15, 0.2) is 53.7 Å². The molecule has 1 fully saturated rings. The summed E-state index contributed by atoms with van der Waals surface area (Å²) in [5.41, 5.74) is 4.02. The lowest BCUT2D eigenvalue weighted by atomic mass is 9.99. The molecule has 1 saturated heterocycles. The standard InChI is InChI=1S/C34H32Cl2N2O9S/c1-17(39)43-16-27-30(44-18(2)40)31(45-19(3)41)32(46-20(4)42)33(47-27)48-34-37-28(22-7-12-25(36)13-8-22)26-14-9-23(29(26)38-34)15-21-5-10-24(35)11-6-21/h5-8,10-13,15,27,30-33H,9,14,16H2,1-4H3/b23-15+/t27-,30+,31+,32-,33+/m1/s1. The monoisotopic (exact) mass is 714 g/mol. The van der Waals surface area contributed by atoms with Crippen LogP contribution in [0.4, 0.5) is 0 Å². The van der Waals surface area contributed by atoms with E-state index in [0.29, 0.717) is 28.6 Å². The SMILES string of the molecule is CC(=O)OC[C@H]1O[C@@H](Sc2nc3c(c(-c4ccc(Cl)cc4)n2)CC/C3=C\c2ccc(Cl)cc2)[C@H](OC(C)=O)[C@@H](OC(C)=O)[C@H]1OC(C)=O. The number of carbonyl (C=O) groups is 4. The average molecular weight is 716 g/mol. The Morgan fingerprint density at radius 3 is 1.94 bits per heavy atom. The summed E-state index contributed by atoms with van der Waals surface area (Å²) in [7, 11) is 0. The minimum absolute atomic E-state index is 0.267. The largest absolute Gasteiger partial charge is 0.463 e. The first-order valence-electron chi connectivity index (χ1n) is 15.0. The smallest absolute Gasteiger partial charge is 0.303 e. The number of carbonyl (C=O) groups excluding carboxylic acids is 4. The first-order valence-corrected chi connectivity index (χ1v) is 16.6. The van der Waals surface area contributed by atoms with Gasteiger partial charge in [-0.1, -0.05) is 59.2 Å². The molecule has 1 aliphatic heterocycles. The third-order valence-electron chi connectivity index (χ3n) is 7.43. The van der Waals surface area contributed by atoms with Gasteiger partial charge in [0, 0.05) is 48.9 Å². The van der Waals surface area contributed by atoms with E-state index in [1.54, 1.807) is 12.1 Å². The van der Waals surface area contributed by atoms with Crippen molar-refractivity contribution >= 4 is 70.5 Å². The molecule has 0 amide bonds. The van der Waals surface area contributed by atoms with Crippen LogP contribution in [0.25, 0.3) is 22.9 Å². The molecule has 1 aliphatic carbocycles.